The highest BCUT2D eigenvalue weighted by atomic mass is 19.1. The van der Waals surface area contributed by atoms with Crippen LogP contribution in [0.2, 0.25) is 0 Å². The van der Waals surface area contributed by atoms with Gasteiger partial charge in [-0.05, 0) is 45.2 Å². The molecule has 1 aliphatic rings. The highest BCUT2D eigenvalue weighted by molar-refractivity contribution is 5.68. The molecule has 22 heavy (non-hydrogen) atoms. The number of halogens is 1. The fraction of sp³-hybridized carbons (Fsp3) is 0.588. The number of rotatable bonds is 2. The van der Waals surface area contributed by atoms with E-state index < -0.39 is 11.0 Å². The minimum Gasteiger partial charge on any atom is -0.444 e. The molecule has 1 aromatic rings. The topological polar surface area (TPSA) is 55.6 Å². The van der Waals surface area contributed by atoms with Crippen molar-refractivity contribution in [1.82, 2.24) is 4.90 Å². The van der Waals surface area contributed by atoms with Crippen LogP contribution < -0.4 is 5.73 Å². The van der Waals surface area contributed by atoms with E-state index in [0.29, 0.717) is 38.0 Å². The molecule has 0 bridgehead atoms. The predicted molar refractivity (Wildman–Crippen MR) is 84.2 cm³/mol. The van der Waals surface area contributed by atoms with E-state index in [0.717, 1.165) is 0 Å². The molecule has 1 aliphatic heterocycles. The molecule has 2 rings (SSSR count). The highest BCUT2D eigenvalue weighted by Gasteiger charge is 2.38. The molecule has 0 atom stereocenters. The van der Waals surface area contributed by atoms with E-state index in [4.69, 9.17) is 10.5 Å². The Morgan fingerprint density at radius 3 is 2.41 bits per heavy atom. The molecular formula is C17H25FN2O2. The maximum Gasteiger partial charge on any atom is 0.410 e. The molecule has 2 N–H and O–H groups in total. The number of hydrogen-bond acceptors (Lipinski definition) is 3. The molecule has 1 heterocycles. The van der Waals surface area contributed by atoms with Gasteiger partial charge in [-0.25, -0.2) is 9.18 Å². The second-order valence-electron chi connectivity index (χ2n) is 6.93. The second-order valence-corrected chi connectivity index (χ2v) is 6.93. The van der Waals surface area contributed by atoms with Crippen LogP contribution >= 0.6 is 0 Å². The molecule has 1 fully saturated rings. The first-order chi connectivity index (χ1) is 10.3. The van der Waals surface area contributed by atoms with Crippen LogP contribution in [0.3, 0.4) is 0 Å². The first-order valence-corrected chi connectivity index (χ1v) is 7.70. The second kappa shape index (κ2) is 6.24. The molecule has 4 nitrogen and oxygen atoms in total. The van der Waals surface area contributed by atoms with Gasteiger partial charge in [0, 0.05) is 25.0 Å². The fourth-order valence-electron chi connectivity index (χ4n) is 2.92. The summed E-state index contributed by atoms with van der Waals surface area (Å²) in [5.41, 5.74) is 5.71. The van der Waals surface area contributed by atoms with Crippen molar-refractivity contribution < 1.29 is 13.9 Å². The molecule has 122 valence electrons. The van der Waals surface area contributed by atoms with Gasteiger partial charge in [0.05, 0.1) is 0 Å². The van der Waals surface area contributed by atoms with Crippen LogP contribution in [0, 0.1) is 5.82 Å². The van der Waals surface area contributed by atoms with E-state index in [2.05, 4.69) is 0 Å². The van der Waals surface area contributed by atoms with Crippen LogP contribution in [0.15, 0.2) is 24.3 Å². The van der Waals surface area contributed by atoms with Gasteiger partial charge in [0.15, 0.2) is 0 Å². The molecule has 1 amide bonds. The Bertz CT molecular complexity index is 532. The van der Waals surface area contributed by atoms with Crippen molar-refractivity contribution in [3.63, 3.8) is 0 Å². The summed E-state index contributed by atoms with van der Waals surface area (Å²) in [5.74, 6) is -0.223. The highest BCUT2D eigenvalue weighted by Crippen LogP contribution is 2.36. The van der Waals surface area contributed by atoms with E-state index in [-0.39, 0.29) is 11.9 Å². The van der Waals surface area contributed by atoms with Crippen molar-refractivity contribution in [2.75, 3.05) is 19.6 Å². The van der Waals surface area contributed by atoms with Crippen molar-refractivity contribution in [1.29, 1.82) is 0 Å². The van der Waals surface area contributed by atoms with Crippen LogP contribution in [-0.4, -0.2) is 36.2 Å². The zero-order valence-electron chi connectivity index (χ0n) is 13.6. The number of ether oxygens (including phenoxy) is 1. The Balaban J connectivity index is 2.09. The third kappa shape index (κ3) is 3.58. The van der Waals surface area contributed by atoms with E-state index in [1.807, 2.05) is 26.8 Å². The predicted octanol–water partition coefficient (Wildman–Crippen LogP) is 3.05. The number of carbonyl (C=O) groups excluding carboxylic acids is 1. The van der Waals surface area contributed by atoms with Gasteiger partial charge < -0.3 is 15.4 Å². The average Bonchev–Trinajstić information content (AvgIpc) is 2.46. The van der Waals surface area contributed by atoms with Crippen molar-refractivity contribution in [2.45, 2.75) is 44.6 Å². The molecular weight excluding hydrogens is 283 g/mol. The van der Waals surface area contributed by atoms with Crippen LogP contribution in [0.5, 0.6) is 0 Å². The standard InChI is InChI=1S/C17H25FN2O2/c1-16(2,3)22-15(21)20-10-8-17(12-19,9-11-20)13-6-4-5-7-14(13)18/h4-7H,8-12,19H2,1-3H3. The molecule has 1 saturated heterocycles. The lowest BCUT2D eigenvalue weighted by molar-refractivity contribution is 0.0166. The van der Waals surface area contributed by atoms with Gasteiger partial charge in [0.2, 0.25) is 0 Å². The lowest BCUT2D eigenvalue weighted by atomic mass is 9.72. The number of likely N-dealkylation sites (tertiary alicyclic amines) is 1. The molecule has 0 radical (unpaired) electrons. The average molecular weight is 308 g/mol. The zero-order valence-corrected chi connectivity index (χ0v) is 13.6. The minimum atomic E-state index is -0.509. The van der Waals surface area contributed by atoms with Crippen molar-refractivity contribution in [2.24, 2.45) is 5.73 Å². The van der Waals surface area contributed by atoms with Crippen molar-refractivity contribution >= 4 is 6.09 Å². The van der Waals surface area contributed by atoms with E-state index in [1.54, 1.807) is 17.0 Å². The molecule has 0 aliphatic carbocycles. The fourth-order valence-corrected chi connectivity index (χ4v) is 2.92. The zero-order chi connectivity index (χ0) is 16.4. The number of amides is 1. The third-order valence-electron chi connectivity index (χ3n) is 4.21. The summed E-state index contributed by atoms with van der Waals surface area (Å²) in [6.45, 7) is 6.96. The molecule has 0 saturated carbocycles. The maximum atomic E-state index is 14.1. The Morgan fingerprint density at radius 1 is 1.32 bits per heavy atom. The molecule has 5 heteroatoms. The first kappa shape index (κ1) is 16.7. The van der Waals surface area contributed by atoms with Gasteiger partial charge in [-0.15, -0.1) is 0 Å². The summed E-state index contributed by atoms with van der Waals surface area (Å²) < 4.78 is 19.5. The van der Waals surface area contributed by atoms with Crippen LogP contribution in [0.1, 0.15) is 39.2 Å². The Kier molecular flexibility index (Phi) is 4.75. The smallest absolute Gasteiger partial charge is 0.410 e. The summed E-state index contributed by atoms with van der Waals surface area (Å²) in [7, 11) is 0. The summed E-state index contributed by atoms with van der Waals surface area (Å²) in [5, 5.41) is 0. The van der Waals surface area contributed by atoms with Crippen LogP contribution in [0.25, 0.3) is 0 Å². The van der Waals surface area contributed by atoms with Gasteiger partial charge >= 0.3 is 6.09 Å². The summed E-state index contributed by atoms with van der Waals surface area (Å²) >= 11 is 0. The Morgan fingerprint density at radius 2 is 1.91 bits per heavy atom. The lowest BCUT2D eigenvalue weighted by Crippen LogP contribution is -2.49. The largest absolute Gasteiger partial charge is 0.444 e. The normalized spacial score (nSPS) is 18.1. The monoisotopic (exact) mass is 308 g/mol. The number of piperidine rings is 1. The van der Waals surface area contributed by atoms with Crippen molar-refractivity contribution in [3.8, 4) is 0 Å². The van der Waals surface area contributed by atoms with E-state index in [9.17, 15) is 9.18 Å². The van der Waals surface area contributed by atoms with Crippen molar-refractivity contribution in [3.05, 3.63) is 35.6 Å². The number of nitrogens with two attached hydrogens (primary N) is 1. The number of benzene rings is 1. The third-order valence-corrected chi connectivity index (χ3v) is 4.21. The van der Waals surface area contributed by atoms with E-state index >= 15 is 0 Å². The number of carbonyl (C=O) groups is 1. The van der Waals surface area contributed by atoms with Gasteiger partial charge in [-0.2, -0.15) is 0 Å². The van der Waals surface area contributed by atoms with E-state index in [1.165, 1.54) is 6.07 Å². The van der Waals surface area contributed by atoms with Crippen LogP contribution in [-0.2, 0) is 10.2 Å². The SMILES string of the molecule is CC(C)(C)OC(=O)N1CCC(CN)(c2ccccc2F)CC1. The minimum absolute atomic E-state index is 0.223. The number of hydrogen-bond donors (Lipinski definition) is 1. The molecule has 0 aromatic heterocycles. The van der Waals surface area contributed by atoms with Gasteiger partial charge in [-0.3, -0.25) is 0 Å². The van der Waals surface area contributed by atoms with Gasteiger partial charge in [0.25, 0.3) is 0 Å². The summed E-state index contributed by atoms with van der Waals surface area (Å²) in [6, 6.07) is 6.77. The van der Waals surface area contributed by atoms with Gasteiger partial charge in [-0.1, -0.05) is 18.2 Å². The Hall–Kier alpha value is -1.62. The number of nitrogens with zero attached hydrogens (tertiary/aromatic N) is 1. The lowest BCUT2D eigenvalue weighted by Gasteiger charge is -2.41. The Labute approximate surface area is 131 Å². The van der Waals surface area contributed by atoms with Gasteiger partial charge in [0.1, 0.15) is 11.4 Å². The molecule has 0 spiro atoms. The maximum absolute atomic E-state index is 14.1. The summed E-state index contributed by atoms with van der Waals surface area (Å²) in [4.78, 5) is 13.8. The van der Waals surface area contributed by atoms with Crippen LogP contribution in [0.4, 0.5) is 9.18 Å². The summed E-state index contributed by atoms with van der Waals surface area (Å²) in [6.07, 6.45) is 0.972. The first-order valence-electron chi connectivity index (χ1n) is 7.70. The quantitative estimate of drug-likeness (QED) is 0.913. The molecule has 1 aromatic carbocycles. The molecule has 0 unspecified atom stereocenters.